The van der Waals surface area contributed by atoms with Crippen LogP contribution in [0.5, 0.6) is 5.75 Å². The molecule has 0 aliphatic carbocycles. The van der Waals surface area contributed by atoms with Gasteiger partial charge in [-0.25, -0.2) is 4.90 Å². The number of amides is 2. The molecule has 0 bridgehead atoms. The molecule has 3 aromatic rings. The monoisotopic (exact) mass is 460 g/mol. The summed E-state index contributed by atoms with van der Waals surface area (Å²) in [6, 6.07) is 20.1. The quantitative estimate of drug-likeness (QED) is 0.446. The number of rotatable bonds is 6. The van der Waals surface area contributed by atoms with Crippen LogP contribution in [-0.2, 0) is 9.59 Å². The van der Waals surface area contributed by atoms with Gasteiger partial charge in [0.2, 0.25) is 0 Å². The molecule has 0 fully saturated rings. The Bertz CT molecular complexity index is 1260. The van der Waals surface area contributed by atoms with Crippen molar-refractivity contribution >= 4 is 40.4 Å². The molecule has 0 saturated carbocycles. The minimum Gasteiger partial charge on any atom is -0.496 e. The minimum atomic E-state index is -0.450. The smallest absolute Gasteiger partial charge is 0.282 e. The van der Waals surface area contributed by atoms with Crippen molar-refractivity contribution in [2.24, 2.45) is 0 Å². The Balaban J connectivity index is 1.83. The van der Waals surface area contributed by atoms with E-state index in [0.29, 0.717) is 33.6 Å². The average molecular weight is 461 g/mol. The van der Waals surface area contributed by atoms with E-state index < -0.39 is 11.8 Å². The van der Waals surface area contributed by atoms with Crippen LogP contribution in [0.2, 0.25) is 5.02 Å². The van der Waals surface area contributed by atoms with E-state index in [4.69, 9.17) is 16.3 Å². The van der Waals surface area contributed by atoms with Crippen LogP contribution in [0.3, 0.4) is 0 Å². The number of imide groups is 1. The molecule has 0 spiro atoms. The molecule has 6 heteroatoms. The maximum Gasteiger partial charge on any atom is 0.282 e. The number of methoxy groups -OCH3 is 1. The lowest BCUT2D eigenvalue weighted by atomic mass is 10.0. The van der Waals surface area contributed by atoms with Crippen molar-refractivity contribution in [3.05, 3.63) is 94.1 Å². The zero-order valence-corrected chi connectivity index (χ0v) is 19.7. The van der Waals surface area contributed by atoms with Crippen molar-refractivity contribution in [3.8, 4) is 5.75 Å². The fourth-order valence-electron chi connectivity index (χ4n) is 3.80. The number of anilines is 2. The van der Waals surface area contributed by atoms with E-state index in [0.717, 1.165) is 10.5 Å². The van der Waals surface area contributed by atoms with E-state index in [1.54, 1.807) is 30.3 Å². The molecule has 33 heavy (non-hydrogen) atoms. The third-order valence-corrected chi connectivity index (χ3v) is 6.13. The predicted octanol–water partition coefficient (Wildman–Crippen LogP) is 6.18. The van der Waals surface area contributed by atoms with Gasteiger partial charge in [-0.15, -0.1) is 0 Å². The average Bonchev–Trinajstić information content (AvgIpc) is 3.05. The number of benzene rings is 3. The fraction of sp³-hybridized carbons (Fsp3) is 0.185. The van der Waals surface area contributed by atoms with E-state index >= 15 is 0 Å². The van der Waals surface area contributed by atoms with Gasteiger partial charge in [0.05, 0.1) is 18.4 Å². The van der Waals surface area contributed by atoms with Gasteiger partial charge in [0.15, 0.2) is 0 Å². The van der Waals surface area contributed by atoms with Crippen LogP contribution >= 0.6 is 11.6 Å². The molecule has 168 valence electrons. The summed E-state index contributed by atoms with van der Waals surface area (Å²) in [7, 11) is 1.54. The van der Waals surface area contributed by atoms with Crippen molar-refractivity contribution in [3.63, 3.8) is 0 Å². The minimum absolute atomic E-state index is 0.193. The van der Waals surface area contributed by atoms with Gasteiger partial charge >= 0.3 is 0 Å². The fourth-order valence-corrected chi connectivity index (χ4v) is 3.97. The van der Waals surface area contributed by atoms with Gasteiger partial charge in [0.1, 0.15) is 11.4 Å². The largest absolute Gasteiger partial charge is 0.496 e. The first-order valence-electron chi connectivity index (χ1n) is 10.7. The Morgan fingerprint density at radius 1 is 0.939 bits per heavy atom. The van der Waals surface area contributed by atoms with Crippen LogP contribution in [0.15, 0.2) is 72.4 Å². The summed E-state index contributed by atoms with van der Waals surface area (Å²) in [4.78, 5) is 28.4. The summed E-state index contributed by atoms with van der Waals surface area (Å²) in [6.07, 6.45) is 0. The molecular weight excluding hydrogens is 436 g/mol. The predicted molar refractivity (Wildman–Crippen MR) is 133 cm³/mol. The van der Waals surface area contributed by atoms with E-state index in [1.165, 1.54) is 12.7 Å². The van der Waals surface area contributed by atoms with Gasteiger partial charge in [-0.1, -0.05) is 61.8 Å². The number of halogens is 1. The lowest BCUT2D eigenvalue weighted by Gasteiger charge is -2.16. The number of hydrogen-bond donors (Lipinski definition) is 1. The summed E-state index contributed by atoms with van der Waals surface area (Å²) >= 11 is 6.30. The lowest BCUT2D eigenvalue weighted by molar-refractivity contribution is -0.120. The Kier molecular flexibility index (Phi) is 6.25. The highest BCUT2D eigenvalue weighted by Gasteiger charge is 2.41. The first kappa shape index (κ1) is 22.6. The zero-order valence-electron chi connectivity index (χ0n) is 19.0. The second-order valence-electron chi connectivity index (χ2n) is 8.23. The van der Waals surface area contributed by atoms with Gasteiger partial charge in [-0.2, -0.15) is 0 Å². The van der Waals surface area contributed by atoms with Crippen molar-refractivity contribution in [1.29, 1.82) is 0 Å². The number of para-hydroxylation sites is 1. The topological polar surface area (TPSA) is 58.6 Å². The van der Waals surface area contributed by atoms with Crippen molar-refractivity contribution in [2.45, 2.75) is 26.7 Å². The van der Waals surface area contributed by atoms with Crippen LogP contribution in [0, 0.1) is 6.92 Å². The Morgan fingerprint density at radius 3 is 2.27 bits per heavy atom. The third kappa shape index (κ3) is 4.24. The summed E-state index contributed by atoms with van der Waals surface area (Å²) in [5, 5.41) is 3.68. The van der Waals surface area contributed by atoms with Crippen LogP contribution in [0.4, 0.5) is 11.4 Å². The van der Waals surface area contributed by atoms with E-state index in [9.17, 15) is 9.59 Å². The molecule has 1 N–H and O–H groups in total. The summed E-state index contributed by atoms with van der Waals surface area (Å²) in [6.45, 7) is 6.11. The van der Waals surface area contributed by atoms with Gasteiger partial charge in [0.25, 0.3) is 11.8 Å². The number of carbonyl (C=O) groups is 2. The molecule has 0 radical (unpaired) electrons. The molecule has 4 rings (SSSR count). The first-order valence-corrected chi connectivity index (χ1v) is 11.1. The highest BCUT2D eigenvalue weighted by molar-refractivity contribution is 6.46. The zero-order chi connectivity index (χ0) is 23.7. The number of aryl methyl sites for hydroxylation is 1. The third-order valence-electron chi connectivity index (χ3n) is 5.72. The van der Waals surface area contributed by atoms with Crippen molar-refractivity contribution in [1.82, 2.24) is 0 Å². The summed E-state index contributed by atoms with van der Waals surface area (Å²) in [5.74, 6) is 0.00486. The van der Waals surface area contributed by atoms with Crippen LogP contribution < -0.4 is 15.0 Å². The van der Waals surface area contributed by atoms with Crippen LogP contribution in [0.25, 0.3) is 5.57 Å². The molecule has 0 aromatic heterocycles. The molecule has 0 saturated heterocycles. The standard InChI is InChI=1S/C27H25ClN2O3/c1-16(2)18-10-12-19(13-11-18)29-25-24(21-7-5-6-8-23(21)33-4)26(31)30(27(25)32)20-14-9-17(3)22(28)15-20/h5-16,29H,1-4H3. The maximum absolute atomic E-state index is 13.6. The Labute approximate surface area is 198 Å². The first-order chi connectivity index (χ1) is 15.8. The number of nitrogens with one attached hydrogen (secondary N) is 1. The molecule has 0 atom stereocenters. The van der Waals surface area contributed by atoms with Crippen molar-refractivity contribution in [2.75, 3.05) is 17.3 Å². The summed E-state index contributed by atoms with van der Waals surface area (Å²) in [5.41, 5.74) is 4.16. The highest BCUT2D eigenvalue weighted by atomic mass is 35.5. The SMILES string of the molecule is COc1ccccc1C1=C(Nc2ccc(C(C)C)cc2)C(=O)N(c2ccc(C)c(Cl)c2)C1=O. The second kappa shape index (κ2) is 9.12. The van der Waals surface area contributed by atoms with Gasteiger partial charge < -0.3 is 10.1 Å². The van der Waals surface area contributed by atoms with E-state index in [-0.39, 0.29) is 11.3 Å². The van der Waals surface area contributed by atoms with Crippen LogP contribution in [-0.4, -0.2) is 18.9 Å². The van der Waals surface area contributed by atoms with Gasteiger partial charge in [0, 0.05) is 16.3 Å². The summed E-state index contributed by atoms with van der Waals surface area (Å²) < 4.78 is 5.49. The van der Waals surface area contributed by atoms with Crippen LogP contribution in [0.1, 0.15) is 36.5 Å². The lowest BCUT2D eigenvalue weighted by Crippen LogP contribution is -2.32. The normalized spacial score (nSPS) is 13.8. The molecule has 0 unspecified atom stereocenters. The molecule has 2 amide bonds. The molecule has 1 aliphatic rings. The number of carbonyl (C=O) groups excluding carboxylic acids is 2. The highest BCUT2D eigenvalue weighted by Crippen LogP contribution is 2.38. The number of nitrogens with zero attached hydrogens (tertiary/aromatic N) is 1. The van der Waals surface area contributed by atoms with E-state index in [1.807, 2.05) is 43.3 Å². The van der Waals surface area contributed by atoms with Gasteiger partial charge in [-0.05, 0) is 54.3 Å². The Hall–Kier alpha value is -3.57. The second-order valence-corrected chi connectivity index (χ2v) is 8.64. The number of ether oxygens (including phenoxy) is 1. The maximum atomic E-state index is 13.6. The molecule has 1 heterocycles. The molecule has 3 aromatic carbocycles. The van der Waals surface area contributed by atoms with Crippen molar-refractivity contribution < 1.29 is 14.3 Å². The molecule has 5 nitrogen and oxygen atoms in total. The van der Waals surface area contributed by atoms with Gasteiger partial charge in [-0.3, -0.25) is 9.59 Å². The molecular formula is C27H25ClN2O3. The number of hydrogen-bond acceptors (Lipinski definition) is 4. The van der Waals surface area contributed by atoms with E-state index in [2.05, 4.69) is 19.2 Å². The molecule has 1 aliphatic heterocycles. The Morgan fingerprint density at radius 2 is 1.64 bits per heavy atom.